The Balaban J connectivity index is 1.77. The van der Waals surface area contributed by atoms with Crippen LogP contribution in [0, 0.1) is 27.7 Å². The molecule has 0 aliphatic carbocycles. The van der Waals surface area contributed by atoms with Gasteiger partial charge >= 0.3 is 0 Å². The lowest BCUT2D eigenvalue weighted by Crippen LogP contribution is -2.12. The van der Waals surface area contributed by atoms with Gasteiger partial charge in [0.25, 0.3) is 0 Å². The van der Waals surface area contributed by atoms with Gasteiger partial charge in [0.05, 0.1) is 11.4 Å². The maximum atomic E-state index is 10.3. The van der Waals surface area contributed by atoms with E-state index in [4.69, 9.17) is 4.74 Å². The Morgan fingerprint density at radius 3 is 1.67 bits per heavy atom. The summed E-state index contributed by atoms with van der Waals surface area (Å²) in [5.74, 6) is 1.43. The summed E-state index contributed by atoms with van der Waals surface area (Å²) in [4.78, 5) is 1.99. The zero-order valence-corrected chi connectivity index (χ0v) is 19.1. The van der Waals surface area contributed by atoms with E-state index in [-0.39, 0.29) is 17.2 Å². The van der Waals surface area contributed by atoms with Gasteiger partial charge in [-0.05, 0) is 92.4 Å². The molecule has 0 unspecified atom stereocenters. The molecule has 0 aliphatic heterocycles. The highest BCUT2D eigenvalue weighted by atomic mass is 16.5. The highest BCUT2D eigenvalue weighted by Crippen LogP contribution is 2.42. The molecule has 0 aliphatic rings. The number of anilines is 3. The van der Waals surface area contributed by atoms with Crippen LogP contribution in [0.3, 0.4) is 0 Å². The standard InChI is InChI=1S/C28H27NO4/c1-17-13-20(4)28(27(32)14-17)33-24-11-7-21(8-12-24)29(25-15-22(30)9-5-18(25)2)26-16-23(31)10-6-19(26)3/h5-16,30-32H,1-4H3. The van der Waals surface area contributed by atoms with Crippen molar-refractivity contribution in [2.45, 2.75) is 27.7 Å². The molecule has 0 fully saturated rings. The van der Waals surface area contributed by atoms with Crippen LogP contribution < -0.4 is 9.64 Å². The zero-order valence-electron chi connectivity index (χ0n) is 19.1. The number of aryl methyl sites for hydroxylation is 4. The highest BCUT2D eigenvalue weighted by Gasteiger charge is 2.18. The SMILES string of the molecule is Cc1cc(C)c(Oc2ccc(N(c3cc(O)ccc3C)c3cc(O)ccc3C)cc2)c(O)c1. The summed E-state index contributed by atoms with van der Waals surface area (Å²) in [7, 11) is 0. The summed E-state index contributed by atoms with van der Waals surface area (Å²) in [6.45, 7) is 7.76. The molecule has 0 heterocycles. The van der Waals surface area contributed by atoms with Gasteiger partial charge in [0, 0.05) is 17.8 Å². The normalized spacial score (nSPS) is 10.8. The maximum Gasteiger partial charge on any atom is 0.171 e. The number of benzene rings is 4. The van der Waals surface area contributed by atoms with Crippen molar-refractivity contribution in [1.29, 1.82) is 0 Å². The second-order valence-corrected chi connectivity index (χ2v) is 8.30. The van der Waals surface area contributed by atoms with Gasteiger partial charge in [-0.3, -0.25) is 0 Å². The lowest BCUT2D eigenvalue weighted by Gasteiger charge is -2.28. The summed E-state index contributed by atoms with van der Waals surface area (Å²) >= 11 is 0. The van der Waals surface area contributed by atoms with Crippen molar-refractivity contribution in [2.24, 2.45) is 0 Å². The first-order valence-electron chi connectivity index (χ1n) is 10.7. The van der Waals surface area contributed by atoms with Crippen molar-refractivity contribution in [3.05, 3.63) is 95.1 Å². The first kappa shape index (κ1) is 22.1. The molecule has 4 rings (SSSR count). The Hall–Kier alpha value is -4.12. The first-order valence-corrected chi connectivity index (χ1v) is 10.7. The number of phenols is 3. The molecule has 0 atom stereocenters. The van der Waals surface area contributed by atoms with Crippen LogP contribution in [0.4, 0.5) is 17.1 Å². The van der Waals surface area contributed by atoms with E-state index in [0.29, 0.717) is 11.5 Å². The highest BCUT2D eigenvalue weighted by molar-refractivity contribution is 5.81. The van der Waals surface area contributed by atoms with E-state index in [1.54, 1.807) is 30.3 Å². The van der Waals surface area contributed by atoms with Crippen LogP contribution in [0.15, 0.2) is 72.8 Å². The quantitative estimate of drug-likeness (QED) is 0.303. The Morgan fingerprint density at radius 2 is 1.15 bits per heavy atom. The van der Waals surface area contributed by atoms with Crippen LogP contribution in [0.2, 0.25) is 0 Å². The molecule has 0 saturated heterocycles. The Morgan fingerprint density at radius 1 is 0.606 bits per heavy atom. The number of nitrogens with zero attached hydrogens (tertiary/aromatic N) is 1. The van der Waals surface area contributed by atoms with Gasteiger partial charge < -0.3 is 25.0 Å². The molecule has 33 heavy (non-hydrogen) atoms. The van der Waals surface area contributed by atoms with E-state index in [9.17, 15) is 15.3 Å². The van der Waals surface area contributed by atoms with E-state index in [1.807, 2.05) is 75.1 Å². The molecule has 5 heteroatoms. The van der Waals surface area contributed by atoms with Crippen molar-refractivity contribution in [3.8, 4) is 28.7 Å². The first-order chi connectivity index (χ1) is 15.7. The monoisotopic (exact) mass is 441 g/mol. The van der Waals surface area contributed by atoms with Gasteiger partial charge in [0.2, 0.25) is 0 Å². The number of ether oxygens (including phenoxy) is 1. The maximum absolute atomic E-state index is 10.3. The van der Waals surface area contributed by atoms with E-state index < -0.39 is 0 Å². The molecule has 0 saturated carbocycles. The molecule has 0 bridgehead atoms. The number of phenolic OH excluding ortho intramolecular Hbond substituents is 3. The largest absolute Gasteiger partial charge is 0.508 e. The fourth-order valence-electron chi connectivity index (χ4n) is 3.93. The third kappa shape index (κ3) is 4.58. The van der Waals surface area contributed by atoms with Crippen molar-refractivity contribution >= 4 is 17.1 Å². The van der Waals surface area contributed by atoms with E-state index in [2.05, 4.69) is 0 Å². The van der Waals surface area contributed by atoms with Crippen molar-refractivity contribution in [2.75, 3.05) is 4.90 Å². The van der Waals surface area contributed by atoms with E-state index in [1.165, 1.54) is 0 Å². The van der Waals surface area contributed by atoms with Gasteiger partial charge in [-0.2, -0.15) is 0 Å². The van der Waals surface area contributed by atoms with Crippen molar-refractivity contribution < 1.29 is 20.1 Å². The lowest BCUT2D eigenvalue weighted by atomic mass is 10.1. The Labute approximate surface area is 193 Å². The minimum atomic E-state index is 0.101. The molecule has 0 amide bonds. The van der Waals surface area contributed by atoms with Gasteiger partial charge in [-0.25, -0.2) is 0 Å². The molecule has 0 aromatic heterocycles. The molecule has 0 radical (unpaired) electrons. The molecule has 4 aromatic carbocycles. The minimum Gasteiger partial charge on any atom is -0.508 e. The van der Waals surface area contributed by atoms with Crippen LogP contribution in [0.25, 0.3) is 0 Å². The Bertz CT molecular complexity index is 1240. The summed E-state index contributed by atoms with van der Waals surface area (Å²) < 4.78 is 5.98. The van der Waals surface area contributed by atoms with E-state index in [0.717, 1.165) is 39.3 Å². The topological polar surface area (TPSA) is 73.2 Å². The van der Waals surface area contributed by atoms with Crippen LogP contribution in [0.5, 0.6) is 28.7 Å². The Kier molecular flexibility index (Phi) is 5.88. The molecule has 3 N–H and O–H groups in total. The average molecular weight is 442 g/mol. The van der Waals surface area contributed by atoms with Crippen LogP contribution in [-0.4, -0.2) is 15.3 Å². The average Bonchev–Trinajstić information content (AvgIpc) is 2.76. The number of hydrogen-bond donors (Lipinski definition) is 3. The second kappa shape index (κ2) is 8.79. The second-order valence-electron chi connectivity index (χ2n) is 8.30. The van der Waals surface area contributed by atoms with Crippen LogP contribution in [-0.2, 0) is 0 Å². The molecular weight excluding hydrogens is 414 g/mol. The van der Waals surface area contributed by atoms with Crippen molar-refractivity contribution in [1.82, 2.24) is 0 Å². The van der Waals surface area contributed by atoms with Crippen molar-refractivity contribution in [3.63, 3.8) is 0 Å². The smallest absolute Gasteiger partial charge is 0.171 e. The van der Waals surface area contributed by atoms with Gasteiger partial charge in [-0.1, -0.05) is 18.2 Å². The van der Waals surface area contributed by atoms with Crippen LogP contribution >= 0.6 is 0 Å². The third-order valence-electron chi connectivity index (χ3n) is 5.58. The lowest BCUT2D eigenvalue weighted by molar-refractivity contribution is 0.408. The van der Waals surface area contributed by atoms with Gasteiger partial charge in [0.15, 0.2) is 11.5 Å². The number of hydrogen-bond acceptors (Lipinski definition) is 5. The molecule has 5 nitrogen and oxygen atoms in total. The zero-order chi connectivity index (χ0) is 23.7. The summed E-state index contributed by atoms with van der Waals surface area (Å²) in [5, 5.41) is 30.6. The minimum absolute atomic E-state index is 0.101. The fourth-order valence-corrected chi connectivity index (χ4v) is 3.93. The van der Waals surface area contributed by atoms with Gasteiger partial charge in [-0.15, -0.1) is 0 Å². The van der Waals surface area contributed by atoms with Crippen LogP contribution in [0.1, 0.15) is 22.3 Å². The predicted molar refractivity (Wildman–Crippen MR) is 132 cm³/mol. The van der Waals surface area contributed by atoms with E-state index >= 15 is 0 Å². The number of aromatic hydroxyl groups is 3. The molecule has 168 valence electrons. The fraction of sp³-hybridized carbons (Fsp3) is 0.143. The predicted octanol–water partition coefficient (Wildman–Crippen LogP) is 7.30. The molecule has 4 aromatic rings. The summed E-state index contributed by atoms with van der Waals surface area (Å²) in [6.07, 6.45) is 0. The van der Waals surface area contributed by atoms with Gasteiger partial charge in [0.1, 0.15) is 17.2 Å². The molecular formula is C28H27NO4. The summed E-state index contributed by atoms with van der Waals surface area (Å²) in [5.41, 5.74) is 6.17. The summed E-state index contributed by atoms with van der Waals surface area (Å²) in [6, 6.07) is 21.5. The molecule has 0 spiro atoms. The third-order valence-corrected chi connectivity index (χ3v) is 5.58. The number of rotatable bonds is 5.